The lowest BCUT2D eigenvalue weighted by molar-refractivity contribution is -0.00114. The van der Waals surface area contributed by atoms with Crippen LogP contribution in [0.15, 0.2) is 24.4 Å². The second-order valence-electron chi connectivity index (χ2n) is 10.9. The second kappa shape index (κ2) is 11.2. The Kier molecular flexibility index (Phi) is 8.20. The average Bonchev–Trinajstić information content (AvgIpc) is 2.89. The van der Waals surface area contributed by atoms with E-state index in [1.165, 1.54) is 6.20 Å². The number of nitrogens with zero attached hydrogens (tertiary/aromatic N) is 4. The van der Waals surface area contributed by atoms with Crippen LogP contribution in [-0.4, -0.2) is 77.7 Å². The molecular formula is C27H37ClN6O4. The smallest absolute Gasteiger partial charge is 0.410 e. The van der Waals surface area contributed by atoms with E-state index in [1.54, 1.807) is 32.4 Å². The van der Waals surface area contributed by atoms with E-state index in [1.807, 2.05) is 30.6 Å². The Hall–Kier alpha value is -3.27. The Morgan fingerprint density at radius 3 is 2.26 bits per heavy atom. The quantitative estimate of drug-likeness (QED) is 0.530. The highest BCUT2D eigenvalue weighted by molar-refractivity contribution is 6.32. The molecule has 0 atom stereocenters. The van der Waals surface area contributed by atoms with Gasteiger partial charge in [-0.25, -0.2) is 9.78 Å². The maximum Gasteiger partial charge on any atom is 0.410 e. The van der Waals surface area contributed by atoms with E-state index in [0.717, 1.165) is 25.7 Å². The molecule has 206 valence electrons. The molecule has 4 rings (SSSR count). The first-order valence-corrected chi connectivity index (χ1v) is 13.3. The van der Waals surface area contributed by atoms with Crippen LogP contribution in [0.1, 0.15) is 56.8 Å². The molecule has 1 aromatic carbocycles. The molecule has 2 aliphatic rings. The summed E-state index contributed by atoms with van der Waals surface area (Å²) in [4.78, 5) is 38.0. The standard InChI is InChI=1S/C27H37ClN6O4/c1-26(2,3)38-25(36)34-14-10-27(11-15-34)8-12-33(13-9-27)23(35)18-6-7-20(21(16-18)37-5)31-24-30-17-19(28)22(29-4)32-24/h6-7,16-17H,8-15H2,1-5H3,(H2,29,30,31,32). The number of hydrogen-bond donors (Lipinski definition) is 2. The van der Waals surface area contributed by atoms with Gasteiger partial charge >= 0.3 is 6.09 Å². The van der Waals surface area contributed by atoms with Gasteiger partial charge in [0, 0.05) is 38.8 Å². The number of rotatable bonds is 5. The number of aromatic nitrogens is 2. The topological polar surface area (TPSA) is 109 Å². The molecule has 2 aromatic rings. The van der Waals surface area contributed by atoms with Crippen molar-refractivity contribution in [1.29, 1.82) is 0 Å². The summed E-state index contributed by atoms with van der Waals surface area (Å²) in [7, 11) is 3.29. The summed E-state index contributed by atoms with van der Waals surface area (Å²) < 4.78 is 11.1. The predicted molar refractivity (Wildman–Crippen MR) is 147 cm³/mol. The normalized spacial score (nSPS) is 17.2. The van der Waals surface area contributed by atoms with Crippen LogP contribution in [0.25, 0.3) is 0 Å². The number of nitrogens with one attached hydrogen (secondary N) is 2. The molecule has 1 aromatic heterocycles. The number of piperidine rings is 2. The van der Waals surface area contributed by atoms with Gasteiger partial charge in [0.1, 0.15) is 22.2 Å². The summed E-state index contributed by atoms with van der Waals surface area (Å²) in [5.74, 6) is 1.36. The largest absolute Gasteiger partial charge is 0.495 e. The molecule has 0 saturated carbocycles. The molecule has 0 aliphatic carbocycles. The molecule has 0 radical (unpaired) electrons. The van der Waals surface area contributed by atoms with E-state index >= 15 is 0 Å². The Labute approximate surface area is 229 Å². The fourth-order valence-electron chi connectivity index (χ4n) is 5.01. The van der Waals surface area contributed by atoms with Gasteiger partial charge in [-0.2, -0.15) is 4.98 Å². The fraction of sp³-hybridized carbons (Fsp3) is 0.556. The van der Waals surface area contributed by atoms with E-state index in [2.05, 4.69) is 20.6 Å². The first kappa shape index (κ1) is 27.8. The SMILES string of the molecule is CNc1nc(Nc2ccc(C(=O)N3CCC4(CCN(C(=O)OC(C)(C)C)CC4)CC3)cc2OC)ncc1Cl. The molecule has 2 N–H and O–H groups in total. The Morgan fingerprint density at radius 1 is 1.05 bits per heavy atom. The van der Waals surface area contributed by atoms with Crippen molar-refractivity contribution in [3.8, 4) is 5.75 Å². The minimum Gasteiger partial charge on any atom is -0.495 e. The lowest BCUT2D eigenvalue weighted by Gasteiger charge is -2.46. The molecule has 38 heavy (non-hydrogen) atoms. The van der Waals surface area contributed by atoms with E-state index < -0.39 is 5.60 Å². The van der Waals surface area contributed by atoms with Gasteiger partial charge in [0.15, 0.2) is 0 Å². The van der Waals surface area contributed by atoms with Crippen molar-refractivity contribution < 1.29 is 19.1 Å². The Morgan fingerprint density at radius 2 is 1.68 bits per heavy atom. The molecular weight excluding hydrogens is 508 g/mol. The number of anilines is 3. The molecule has 11 heteroatoms. The van der Waals surface area contributed by atoms with Gasteiger partial charge in [0.05, 0.1) is 19.0 Å². The number of hydrogen-bond acceptors (Lipinski definition) is 8. The van der Waals surface area contributed by atoms with Crippen LogP contribution in [-0.2, 0) is 4.74 Å². The summed E-state index contributed by atoms with van der Waals surface area (Å²) in [5, 5.41) is 6.46. The van der Waals surface area contributed by atoms with Gasteiger partial charge < -0.3 is 29.9 Å². The van der Waals surface area contributed by atoms with Crippen LogP contribution in [0.5, 0.6) is 5.75 Å². The number of carbonyl (C=O) groups is 2. The van der Waals surface area contributed by atoms with Gasteiger partial charge in [-0.1, -0.05) is 11.6 Å². The van der Waals surface area contributed by atoms with Crippen LogP contribution in [0.3, 0.4) is 0 Å². The Bertz CT molecular complexity index is 1170. The molecule has 2 saturated heterocycles. The van der Waals surface area contributed by atoms with E-state index in [9.17, 15) is 9.59 Å². The summed E-state index contributed by atoms with van der Waals surface area (Å²) >= 11 is 6.07. The highest BCUT2D eigenvalue weighted by Gasteiger charge is 2.40. The molecule has 2 fully saturated rings. The third-order valence-electron chi connectivity index (χ3n) is 7.26. The Balaban J connectivity index is 1.35. The third-order valence-corrected chi connectivity index (χ3v) is 7.54. The molecule has 0 unspecified atom stereocenters. The maximum absolute atomic E-state index is 13.3. The zero-order chi connectivity index (χ0) is 27.5. The second-order valence-corrected chi connectivity index (χ2v) is 11.3. The van der Waals surface area contributed by atoms with Gasteiger partial charge in [-0.15, -0.1) is 0 Å². The van der Waals surface area contributed by atoms with Crippen molar-refractivity contribution >= 4 is 41.1 Å². The molecule has 2 amide bonds. The number of benzene rings is 1. The first-order chi connectivity index (χ1) is 18.0. The molecule has 1 spiro atoms. The number of methoxy groups -OCH3 is 1. The van der Waals surface area contributed by atoms with Gasteiger partial charge in [-0.05, 0) is 70.1 Å². The number of likely N-dealkylation sites (tertiary alicyclic amines) is 2. The van der Waals surface area contributed by atoms with Gasteiger partial charge in [0.2, 0.25) is 5.95 Å². The van der Waals surface area contributed by atoms with Crippen molar-refractivity contribution in [3.63, 3.8) is 0 Å². The van der Waals surface area contributed by atoms with Crippen LogP contribution < -0.4 is 15.4 Å². The predicted octanol–water partition coefficient (Wildman–Crippen LogP) is 5.18. The van der Waals surface area contributed by atoms with Gasteiger partial charge in [-0.3, -0.25) is 4.79 Å². The third kappa shape index (κ3) is 6.40. The van der Waals surface area contributed by atoms with Crippen LogP contribution in [0, 0.1) is 5.41 Å². The van der Waals surface area contributed by atoms with Crippen molar-refractivity contribution in [2.24, 2.45) is 5.41 Å². The minimum absolute atomic E-state index is 0.0175. The van der Waals surface area contributed by atoms with Crippen molar-refractivity contribution in [3.05, 3.63) is 35.0 Å². The zero-order valence-electron chi connectivity index (χ0n) is 22.8. The lowest BCUT2D eigenvalue weighted by Crippen LogP contribution is -2.50. The number of ether oxygens (including phenoxy) is 2. The van der Waals surface area contributed by atoms with Crippen LogP contribution in [0.4, 0.5) is 22.2 Å². The fourth-order valence-corrected chi connectivity index (χ4v) is 5.19. The monoisotopic (exact) mass is 544 g/mol. The minimum atomic E-state index is -0.492. The van der Waals surface area contributed by atoms with Crippen molar-refractivity contribution in [1.82, 2.24) is 19.8 Å². The van der Waals surface area contributed by atoms with Crippen LogP contribution >= 0.6 is 11.6 Å². The lowest BCUT2D eigenvalue weighted by atomic mass is 9.71. The van der Waals surface area contributed by atoms with Gasteiger partial charge in [0.25, 0.3) is 5.91 Å². The summed E-state index contributed by atoms with van der Waals surface area (Å²) in [6.07, 6.45) is 5.00. The highest BCUT2D eigenvalue weighted by atomic mass is 35.5. The van der Waals surface area contributed by atoms with E-state index in [-0.39, 0.29) is 17.4 Å². The summed E-state index contributed by atoms with van der Waals surface area (Å²) in [6, 6.07) is 5.32. The average molecular weight is 545 g/mol. The van der Waals surface area contributed by atoms with Crippen LogP contribution in [0.2, 0.25) is 5.02 Å². The highest BCUT2D eigenvalue weighted by Crippen LogP contribution is 2.42. The summed E-state index contributed by atoms with van der Waals surface area (Å²) in [5.41, 5.74) is 0.888. The van der Waals surface area contributed by atoms with Crippen molar-refractivity contribution in [2.75, 3.05) is 51.0 Å². The maximum atomic E-state index is 13.3. The van der Waals surface area contributed by atoms with E-state index in [0.29, 0.717) is 60.0 Å². The number of halogens is 1. The first-order valence-electron chi connectivity index (χ1n) is 12.9. The van der Waals surface area contributed by atoms with E-state index in [4.69, 9.17) is 21.1 Å². The zero-order valence-corrected chi connectivity index (χ0v) is 23.5. The number of carbonyl (C=O) groups excluding carboxylic acids is 2. The number of amides is 2. The molecule has 10 nitrogen and oxygen atoms in total. The molecule has 2 aliphatic heterocycles. The molecule has 0 bridgehead atoms. The molecule has 3 heterocycles. The summed E-state index contributed by atoms with van der Waals surface area (Å²) in [6.45, 7) is 8.44. The van der Waals surface area contributed by atoms with Crippen molar-refractivity contribution in [2.45, 2.75) is 52.1 Å².